The molecule has 0 aliphatic rings. The van der Waals surface area contributed by atoms with E-state index in [9.17, 15) is 5.11 Å². The molecule has 0 radical (unpaired) electrons. The molecule has 0 aromatic carbocycles. The molecule has 18 heavy (non-hydrogen) atoms. The van der Waals surface area contributed by atoms with Gasteiger partial charge in [0.1, 0.15) is 5.69 Å². The molecule has 7 nitrogen and oxygen atoms in total. The third-order valence-electron chi connectivity index (χ3n) is 2.51. The zero-order chi connectivity index (χ0) is 13.0. The Hall–Kier alpha value is -2.02. The fourth-order valence-corrected chi connectivity index (χ4v) is 1.42. The predicted molar refractivity (Wildman–Crippen MR) is 63.9 cm³/mol. The van der Waals surface area contributed by atoms with Crippen molar-refractivity contribution in [3.8, 4) is 17.3 Å². The number of aliphatic hydroxyl groups is 1. The maximum absolute atomic E-state index is 9.53. The Kier molecular flexibility index (Phi) is 3.83. The van der Waals surface area contributed by atoms with E-state index in [1.165, 1.54) is 7.11 Å². The van der Waals surface area contributed by atoms with Crippen LogP contribution in [-0.4, -0.2) is 43.3 Å². The molecule has 2 rings (SSSR count). The van der Waals surface area contributed by atoms with Crippen LogP contribution < -0.4 is 4.74 Å². The van der Waals surface area contributed by atoms with E-state index in [1.807, 2.05) is 6.92 Å². The van der Waals surface area contributed by atoms with Crippen molar-refractivity contribution in [3.05, 3.63) is 18.6 Å². The highest BCUT2D eigenvalue weighted by molar-refractivity contribution is 5.54. The van der Waals surface area contributed by atoms with E-state index in [1.54, 1.807) is 23.3 Å². The minimum atomic E-state index is -0.410. The Bertz CT molecular complexity index is 496. The molecule has 0 aliphatic heterocycles. The summed E-state index contributed by atoms with van der Waals surface area (Å²) in [6.45, 7) is 2.35. The summed E-state index contributed by atoms with van der Waals surface area (Å²) >= 11 is 0. The summed E-state index contributed by atoms with van der Waals surface area (Å²) in [5, 5.41) is 17.5. The maximum Gasteiger partial charge on any atom is 0.316 e. The first-order valence-corrected chi connectivity index (χ1v) is 5.67. The molecule has 1 atom stereocenters. The molecular weight excluding hydrogens is 234 g/mol. The molecule has 0 fully saturated rings. The maximum atomic E-state index is 9.53. The molecule has 1 N–H and O–H groups in total. The molecule has 1 unspecified atom stereocenters. The average Bonchev–Trinajstić information content (AvgIpc) is 2.87. The summed E-state index contributed by atoms with van der Waals surface area (Å²) < 4.78 is 6.49. The van der Waals surface area contributed by atoms with E-state index in [-0.39, 0.29) is 0 Å². The molecule has 7 heteroatoms. The van der Waals surface area contributed by atoms with Crippen LogP contribution in [0.25, 0.3) is 11.3 Å². The van der Waals surface area contributed by atoms with Gasteiger partial charge in [-0.2, -0.15) is 0 Å². The zero-order valence-electron chi connectivity index (χ0n) is 10.3. The van der Waals surface area contributed by atoms with Gasteiger partial charge in [-0.25, -0.2) is 14.6 Å². The summed E-state index contributed by atoms with van der Waals surface area (Å²) in [5.74, 6) is 0. The Balaban J connectivity index is 2.13. The first-order valence-electron chi connectivity index (χ1n) is 5.67. The molecule has 2 aromatic heterocycles. The molecule has 0 bridgehead atoms. The SMILES string of the molecule is CCC(O)Cn1cc(-c2cnc(OC)nc2)nn1. The molecular formula is C11H15N5O2. The van der Waals surface area contributed by atoms with Crippen LogP contribution in [0.15, 0.2) is 18.6 Å². The number of rotatable bonds is 5. The number of hydrogen-bond donors (Lipinski definition) is 1. The van der Waals surface area contributed by atoms with Crippen LogP contribution in [0.4, 0.5) is 0 Å². The van der Waals surface area contributed by atoms with Crippen LogP contribution in [0.3, 0.4) is 0 Å². The number of methoxy groups -OCH3 is 1. The highest BCUT2D eigenvalue weighted by Crippen LogP contribution is 2.15. The van der Waals surface area contributed by atoms with E-state index in [0.29, 0.717) is 24.7 Å². The van der Waals surface area contributed by atoms with Gasteiger partial charge in [-0.3, -0.25) is 0 Å². The van der Waals surface area contributed by atoms with Crippen molar-refractivity contribution >= 4 is 0 Å². The van der Waals surface area contributed by atoms with Gasteiger partial charge in [-0.15, -0.1) is 5.10 Å². The van der Waals surface area contributed by atoms with Gasteiger partial charge in [0.2, 0.25) is 0 Å². The molecule has 0 amide bonds. The van der Waals surface area contributed by atoms with E-state index in [4.69, 9.17) is 4.74 Å². The summed E-state index contributed by atoms with van der Waals surface area (Å²) in [5.41, 5.74) is 1.42. The second-order valence-corrected chi connectivity index (χ2v) is 3.85. The van der Waals surface area contributed by atoms with Crippen molar-refractivity contribution < 1.29 is 9.84 Å². The normalized spacial score (nSPS) is 12.4. The Morgan fingerprint density at radius 2 is 2.11 bits per heavy atom. The monoisotopic (exact) mass is 249 g/mol. The quantitative estimate of drug-likeness (QED) is 0.831. The fraction of sp³-hybridized carbons (Fsp3) is 0.455. The van der Waals surface area contributed by atoms with Crippen molar-refractivity contribution in [2.45, 2.75) is 26.0 Å². The predicted octanol–water partition coefficient (Wildman–Crippen LogP) is 0.515. The van der Waals surface area contributed by atoms with Crippen LogP contribution in [0.5, 0.6) is 6.01 Å². The molecule has 2 heterocycles. The summed E-state index contributed by atoms with van der Waals surface area (Å²) in [6, 6.07) is 0.313. The molecule has 2 aromatic rings. The van der Waals surface area contributed by atoms with Crippen molar-refractivity contribution in [3.63, 3.8) is 0 Å². The molecule has 0 saturated carbocycles. The van der Waals surface area contributed by atoms with Gasteiger partial charge in [-0.1, -0.05) is 12.1 Å². The lowest BCUT2D eigenvalue weighted by Gasteiger charge is -2.05. The van der Waals surface area contributed by atoms with E-state index in [2.05, 4.69) is 20.3 Å². The van der Waals surface area contributed by atoms with Gasteiger partial charge >= 0.3 is 6.01 Å². The fourth-order valence-electron chi connectivity index (χ4n) is 1.42. The van der Waals surface area contributed by atoms with E-state index >= 15 is 0 Å². The Morgan fingerprint density at radius 3 is 2.72 bits per heavy atom. The van der Waals surface area contributed by atoms with Crippen molar-refractivity contribution in [2.24, 2.45) is 0 Å². The Labute approximate surface area is 104 Å². The number of aromatic nitrogens is 5. The topological polar surface area (TPSA) is 86.0 Å². The second kappa shape index (κ2) is 5.54. The van der Waals surface area contributed by atoms with Crippen molar-refractivity contribution in [1.82, 2.24) is 25.0 Å². The van der Waals surface area contributed by atoms with E-state index in [0.717, 1.165) is 5.56 Å². The first kappa shape index (κ1) is 12.4. The number of ether oxygens (including phenoxy) is 1. The largest absolute Gasteiger partial charge is 0.467 e. The van der Waals surface area contributed by atoms with Crippen LogP contribution in [0, 0.1) is 0 Å². The average molecular weight is 249 g/mol. The van der Waals surface area contributed by atoms with Crippen LogP contribution in [0.1, 0.15) is 13.3 Å². The van der Waals surface area contributed by atoms with Gasteiger partial charge in [0, 0.05) is 18.0 Å². The van der Waals surface area contributed by atoms with Gasteiger partial charge in [-0.05, 0) is 6.42 Å². The molecule has 96 valence electrons. The summed E-state index contributed by atoms with van der Waals surface area (Å²) in [6.07, 6.45) is 5.27. The standard InChI is InChI=1S/C11H15N5O2/c1-3-9(17)6-16-7-10(14-15-16)8-4-12-11(18-2)13-5-8/h4-5,7,9,17H,3,6H2,1-2H3. The van der Waals surface area contributed by atoms with Gasteiger partial charge in [0.25, 0.3) is 0 Å². The first-order chi connectivity index (χ1) is 8.72. The zero-order valence-corrected chi connectivity index (χ0v) is 10.3. The van der Waals surface area contributed by atoms with Gasteiger partial charge < -0.3 is 9.84 Å². The van der Waals surface area contributed by atoms with Crippen molar-refractivity contribution in [2.75, 3.05) is 7.11 Å². The second-order valence-electron chi connectivity index (χ2n) is 3.85. The molecule has 0 saturated heterocycles. The third kappa shape index (κ3) is 2.80. The highest BCUT2D eigenvalue weighted by atomic mass is 16.5. The Morgan fingerprint density at radius 1 is 1.39 bits per heavy atom. The lowest BCUT2D eigenvalue weighted by molar-refractivity contribution is 0.144. The third-order valence-corrected chi connectivity index (χ3v) is 2.51. The molecule has 0 aliphatic carbocycles. The lowest BCUT2D eigenvalue weighted by atomic mass is 10.2. The van der Waals surface area contributed by atoms with Gasteiger partial charge in [0.15, 0.2) is 0 Å². The highest BCUT2D eigenvalue weighted by Gasteiger charge is 2.08. The number of aliphatic hydroxyl groups excluding tert-OH is 1. The number of nitrogens with zero attached hydrogens (tertiary/aromatic N) is 5. The van der Waals surface area contributed by atoms with Gasteiger partial charge in [0.05, 0.1) is 26.0 Å². The smallest absolute Gasteiger partial charge is 0.316 e. The van der Waals surface area contributed by atoms with E-state index < -0.39 is 6.10 Å². The summed E-state index contributed by atoms with van der Waals surface area (Å²) in [7, 11) is 1.51. The molecule has 0 spiro atoms. The summed E-state index contributed by atoms with van der Waals surface area (Å²) in [4.78, 5) is 8.00. The van der Waals surface area contributed by atoms with Crippen molar-refractivity contribution in [1.29, 1.82) is 0 Å². The van der Waals surface area contributed by atoms with Crippen LogP contribution in [-0.2, 0) is 6.54 Å². The number of hydrogen-bond acceptors (Lipinski definition) is 6. The minimum absolute atomic E-state index is 0.313. The van der Waals surface area contributed by atoms with Crippen LogP contribution >= 0.6 is 0 Å². The van der Waals surface area contributed by atoms with Crippen LogP contribution in [0.2, 0.25) is 0 Å². The minimum Gasteiger partial charge on any atom is -0.467 e. The lowest BCUT2D eigenvalue weighted by Crippen LogP contribution is -2.15.